The predicted octanol–water partition coefficient (Wildman–Crippen LogP) is 5.83. The Kier molecular flexibility index (Phi) is 8.08. The Bertz CT molecular complexity index is 1230. The third kappa shape index (κ3) is 5.98. The van der Waals surface area contributed by atoms with E-state index in [4.69, 9.17) is 23.9 Å². The van der Waals surface area contributed by atoms with Gasteiger partial charge in [-0.15, -0.1) is 11.3 Å². The highest BCUT2D eigenvalue weighted by Gasteiger charge is 2.27. The summed E-state index contributed by atoms with van der Waals surface area (Å²) in [5.74, 6) is 0.728. The van der Waals surface area contributed by atoms with E-state index in [1.54, 1.807) is 11.3 Å². The first-order valence-electron chi connectivity index (χ1n) is 13.0. The van der Waals surface area contributed by atoms with E-state index in [0.717, 1.165) is 70.3 Å². The van der Waals surface area contributed by atoms with Crippen LogP contribution in [0.1, 0.15) is 48.3 Å². The molecule has 2 aliphatic rings. The van der Waals surface area contributed by atoms with Gasteiger partial charge in [-0.1, -0.05) is 29.8 Å². The molecule has 2 saturated heterocycles. The first kappa shape index (κ1) is 25.7. The fourth-order valence-corrected chi connectivity index (χ4v) is 5.68. The predicted molar refractivity (Wildman–Crippen MR) is 144 cm³/mol. The van der Waals surface area contributed by atoms with Gasteiger partial charge < -0.3 is 23.8 Å². The van der Waals surface area contributed by atoms with Crippen LogP contribution in [0.3, 0.4) is 0 Å². The highest BCUT2D eigenvalue weighted by atomic mass is 32.1. The Balaban J connectivity index is 1.27. The molecule has 0 saturated carbocycles. The summed E-state index contributed by atoms with van der Waals surface area (Å²) in [7, 11) is 0. The monoisotopic (exact) mass is 522 g/mol. The standard InChI is InChI=1S/C29H34N2O5S/c1-4-33-27(32)21-9-11-31(12-10-21)29-30-25(18-37-29)24-15-19(2)5-8-26(24)36-17-23-7-6-22(16-20(23)3)28-34-13-14-35-28/h5-8,15-16,18,21,28H,4,9-14,17H2,1-3H3. The van der Waals surface area contributed by atoms with E-state index in [1.807, 2.05) is 13.0 Å². The number of aromatic nitrogens is 1. The highest BCUT2D eigenvalue weighted by Crippen LogP contribution is 2.36. The molecule has 2 aliphatic heterocycles. The van der Waals surface area contributed by atoms with Crippen LogP contribution in [0.4, 0.5) is 5.13 Å². The van der Waals surface area contributed by atoms with Crippen molar-refractivity contribution in [2.24, 2.45) is 5.92 Å². The summed E-state index contributed by atoms with van der Waals surface area (Å²) in [6.45, 7) is 9.80. The number of carbonyl (C=O) groups excluding carboxylic acids is 1. The fourth-order valence-electron chi connectivity index (χ4n) is 4.80. The summed E-state index contributed by atoms with van der Waals surface area (Å²) in [5, 5.41) is 3.07. The first-order valence-corrected chi connectivity index (χ1v) is 13.8. The minimum Gasteiger partial charge on any atom is -0.488 e. The molecule has 8 heteroatoms. The number of nitrogens with zero attached hydrogens (tertiary/aromatic N) is 2. The minimum absolute atomic E-state index is 0.0110. The molecule has 0 atom stereocenters. The van der Waals surface area contributed by atoms with Crippen molar-refractivity contribution >= 4 is 22.4 Å². The van der Waals surface area contributed by atoms with Crippen LogP contribution in [0, 0.1) is 19.8 Å². The lowest BCUT2D eigenvalue weighted by Gasteiger charge is -2.30. The number of aryl methyl sites for hydroxylation is 2. The number of hydrogen-bond donors (Lipinski definition) is 0. The van der Waals surface area contributed by atoms with Crippen molar-refractivity contribution in [2.45, 2.75) is 46.5 Å². The SMILES string of the molecule is CCOC(=O)C1CCN(c2nc(-c3cc(C)ccc3OCc3ccc(C4OCCO4)cc3C)cs2)CC1. The smallest absolute Gasteiger partial charge is 0.309 e. The van der Waals surface area contributed by atoms with Crippen LogP contribution in [-0.4, -0.2) is 43.9 Å². The lowest BCUT2D eigenvalue weighted by atomic mass is 9.97. The third-order valence-corrected chi connectivity index (χ3v) is 7.83. The molecular formula is C29H34N2O5S. The molecule has 1 aromatic heterocycles. The Labute approximate surface area is 222 Å². The van der Waals surface area contributed by atoms with Crippen molar-refractivity contribution in [3.8, 4) is 17.0 Å². The zero-order valence-corrected chi connectivity index (χ0v) is 22.5. The van der Waals surface area contributed by atoms with Gasteiger partial charge in [0.1, 0.15) is 12.4 Å². The van der Waals surface area contributed by atoms with Gasteiger partial charge >= 0.3 is 5.97 Å². The van der Waals surface area contributed by atoms with E-state index in [1.165, 1.54) is 0 Å². The summed E-state index contributed by atoms with van der Waals surface area (Å²) in [5.41, 5.74) is 6.37. The molecule has 5 rings (SSSR count). The van der Waals surface area contributed by atoms with Crippen molar-refractivity contribution in [3.05, 3.63) is 64.0 Å². The van der Waals surface area contributed by atoms with Crippen molar-refractivity contribution < 1.29 is 23.7 Å². The molecule has 2 aromatic carbocycles. The number of hydrogen-bond acceptors (Lipinski definition) is 8. The van der Waals surface area contributed by atoms with Gasteiger partial charge in [-0.2, -0.15) is 0 Å². The Morgan fingerprint density at radius 3 is 2.62 bits per heavy atom. The second-order valence-electron chi connectivity index (χ2n) is 9.58. The zero-order chi connectivity index (χ0) is 25.8. The number of thiazole rings is 1. The van der Waals surface area contributed by atoms with Crippen LogP contribution >= 0.6 is 11.3 Å². The van der Waals surface area contributed by atoms with Crippen molar-refractivity contribution in [3.63, 3.8) is 0 Å². The highest BCUT2D eigenvalue weighted by molar-refractivity contribution is 7.14. The van der Waals surface area contributed by atoms with Gasteiger partial charge in [0.05, 0.1) is 31.4 Å². The molecule has 0 bridgehead atoms. The van der Waals surface area contributed by atoms with Crippen LogP contribution in [0.25, 0.3) is 11.3 Å². The largest absolute Gasteiger partial charge is 0.488 e. The van der Waals surface area contributed by atoms with Gasteiger partial charge in [0, 0.05) is 29.6 Å². The van der Waals surface area contributed by atoms with E-state index >= 15 is 0 Å². The molecule has 0 amide bonds. The molecule has 0 radical (unpaired) electrons. The molecule has 2 fully saturated rings. The van der Waals surface area contributed by atoms with E-state index in [0.29, 0.717) is 26.4 Å². The maximum atomic E-state index is 12.1. The van der Waals surface area contributed by atoms with E-state index in [9.17, 15) is 4.79 Å². The number of anilines is 1. The fraction of sp³-hybridized carbons (Fsp3) is 0.448. The van der Waals surface area contributed by atoms with Crippen molar-refractivity contribution in [1.82, 2.24) is 4.98 Å². The van der Waals surface area contributed by atoms with Gasteiger partial charge in [-0.3, -0.25) is 4.79 Å². The summed E-state index contributed by atoms with van der Waals surface area (Å²) >= 11 is 1.64. The lowest BCUT2D eigenvalue weighted by molar-refractivity contribution is -0.148. The molecule has 3 aromatic rings. The van der Waals surface area contributed by atoms with E-state index < -0.39 is 0 Å². The van der Waals surface area contributed by atoms with Crippen LogP contribution in [-0.2, 0) is 25.6 Å². The number of esters is 1. The second-order valence-corrected chi connectivity index (χ2v) is 10.4. The molecular weight excluding hydrogens is 488 g/mol. The topological polar surface area (TPSA) is 70.1 Å². The van der Waals surface area contributed by atoms with Gasteiger partial charge in [0.2, 0.25) is 0 Å². The zero-order valence-electron chi connectivity index (χ0n) is 21.7. The molecule has 0 spiro atoms. The number of piperidine rings is 1. The number of carbonyl (C=O) groups is 1. The summed E-state index contributed by atoms with van der Waals surface area (Å²) < 4.78 is 22.8. The van der Waals surface area contributed by atoms with Gasteiger partial charge in [-0.25, -0.2) is 4.98 Å². The van der Waals surface area contributed by atoms with Crippen LogP contribution in [0.15, 0.2) is 41.8 Å². The lowest BCUT2D eigenvalue weighted by Crippen LogP contribution is -2.36. The molecule has 37 heavy (non-hydrogen) atoms. The molecule has 3 heterocycles. The molecule has 7 nitrogen and oxygen atoms in total. The Morgan fingerprint density at radius 2 is 1.89 bits per heavy atom. The Hall–Kier alpha value is -2.94. The van der Waals surface area contributed by atoms with Gasteiger partial charge in [0.25, 0.3) is 0 Å². The van der Waals surface area contributed by atoms with Crippen molar-refractivity contribution in [2.75, 3.05) is 37.8 Å². The summed E-state index contributed by atoms with van der Waals surface area (Å²) in [6, 6.07) is 12.5. The van der Waals surface area contributed by atoms with E-state index in [2.05, 4.69) is 54.5 Å². The molecule has 196 valence electrons. The first-order chi connectivity index (χ1) is 18.0. The van der Waals surface area contributed by atoms with Crippen molar-refractivity contribution in [1.29, 1.82) is 0 Å². The Morgan fingerprint density at radius 1 is 1.11 bits per heavy atom. The number of benzene rings is 2. The van der Waals surface area contributed by atoms with Crippen LogP contribution in [0.2, 0.25) is 0 Å². The molecule has 0 unspecified atom stereocenters. The maximum Gasteiger partial charge on any atom is 0.309 e. The van der Waals surface area contributed by atoms with Crippen LogP contribution < -0.4 is 9.64 Å². The number of ether oxygens (including phenoxy) is 4. The molecule has 0 aliphatic carbocycles. The minimum atomic E-state index is -0.271. The third-order valence-electron chi connectivity index (χ3n) is 6.93. The normalized spacial score (nSPS) is 16.8. The number of rotatable bonds is 8. The second kappa shape index (κ2) is 11.6. The van der Waals surface area contributed by atoms with Gasteiger partial charge in [0.15, 0.2) is 11.4 Å². The molecule has 0 N–H and O–H groups in total. The van der Waals surface area contributed by atoms with E-state index in [-0.39, 0.29) is 18.2 Å². The summed E-state index contributed by atoms with van der Waals surface area (Å²) in [6.07, 6.45) is 1.32. The average molecular weight is 523 g/mol. The summed E-state index contributed by atoms with van der Waals surface area (Å²) in [4.78, 5) is 19.3. The van der Waals surface area contributed by atoms with Gasteiger partial charge in [-0.05, 0) is 56.9 Å². The maximum absolute atomic E-state index is 12.1. The average Bonchev–Trinajstić information content (AvgIpc) is 3.62. The van der Waals surface area contributed by atoms with Crippen LogP contribution in [0.5, 0.6) is 5.75 Å². The quantitative estimate of drug-likeness (QED) is 0.345.